The van der Waals surface area contributed by atoms with E-state index in [1.54, 1.807) is 0 Å². The topological polar surface area (TPSA) is 41.1 Å². The Balaban J connectivity index is 1.92. The second-order valence-corrected chi connectivity index (χ2v) is 4.96. The smallest absolute Gasteiger partial charge is 0.335 e. The van der Waals surface area contributed by atoms with Crippen molar-refractivity contribution in [3.05, 3.63) is 35.4 Å². The number of urea groups is 1. The largest absolute Gasteiger partial charge is 0.416 e. The fourth-order valence-electron chi connectivity index (χ4n) is 2.43. The summed E-state index contributed by atoms with van der Waals surface area (Å²) in [6.07, 6.45) is -0.358. The van der Waals surface area contributed by atoms with Crippen LogP contribution in [0.15, 0.2) is 24.3 Å². The van der Waals surface area contributed by atoms with Gasteiger partial charge in [-0.2, -0.15) is 13.2 Å². The van der Waals surface area contributed by atoms with Gasteiger partial charge in [0, 0.05) is 12.6 Å². The quantitative estimate of drug-likeness (QED) is 0.878. The van der Waals surface area contributed by atoms with Crippen LogP contribution in [0.2, 0.25) is 0 Å². The number of rotatable bonds is 3. The summed E-state index contributed by atoms with van der Waals surface area (Å²) in [5.41, 5.74) is -0.636. The molecular formula is C14H17F3N2O. The minimum absolute atomic E-state index is 0.0709. The minimum Gasteiger partial charge on any atom is -0.335 e. The van der Waals surface area contributed by atoms with Crippen LogP contribution in [0.4, 0.5) is 18.0 Å². The Morgan fingerprint density at radius 3 is 2.50 bits per heavy atom. The van der Waals surface area contributed by atoms with E-state index in [0.29, 0.717) is 0 Å². The molecule has 1 aliphatic rings. The molecule has 6 heteroatoms. The van der Waals surface area contributed by atoms with Crippen molar-refractivity contribution < 1.29 is 18.0 Å². The van der Waals surface area contributed by atoms with Gasteiger partial charge in [0.05, 0.1) is 5.56 Å². The van der Waals surface area contributed by atoms with Gasteiger partial charge in [0.25, 0.3) is 0 Å². The van der Waals surface area contributed by atoms with Crippen LogP contribution in [0.1, 0.15) is 36.8 Å². The SMILES string of the molecule is O=C(NCc1ccccc1C(F)(F)F)NC1CCCC1. The number of hydrogen-bond donors (Lipinski definition) is 2. The van der Waals surface area contributed by atoms with Crippen molar-refractivity contribution in [2.75, 3.05) is 0 Å². The van der Waals surface area contributed by atoms with E-state index in [1.165, 1.54) is 18.2 Å². The lowest BCUT2D eigenvalue weighted by molar-refractivity contribution is -0.138. The van der Waals surface area contributed by atoms with E-state index in [0.717, 1.165) is 31.7 Å². The molecule has 2 N–H and O–H groups in total. The Morgan fingerprint density at radius 1 is 1.20 bits per heavy atom. The Labute approximate surface area is 115 Å². The summed E-state index contributed by atoms with van der Waals surface area (Å²) >= 11 is 0. The molecule has 20 heavy (non-hydrogen) atoms. The van der Waals surface area contributed by atoms with E-state index in [2.05, 4.69) is 10.6 Å². The number of alkyl halides is 3. The summed E-state index contributed by atoms with van der Waals surface area (Å²) in [5, 5.41) is 5.26. The molecule has 0 atom stereocenters. The summed E-state index contributed by atoms with van der Waals surface area (Å²) in [6.45, 7) is -0.131. The maximum Gasteiger partial charge on any atom is 0.416 e. The number of nitrogens with one attached hydrogen (secondary N) is 2. The highest BCUT2D eigenvalue weighted by atomic mass is 19.4. The highest BCUT2D eigenvalue weighted by Crippen LogP contribution is 2.31. The van der Waals surface area contributed by atoms with Crippen molar-refractivity contribution in [1.29, 1.82) is 0 Å². The molecule has 1 aliphatic carbocycles. The zero-order chi connectivity index (χ0) is 14.6. The molecule has 1 saturated carbocycles. The molecule has 0 bridgehead atoms. The molecule has 0 aliphatic heterocycles. The summed E-state index contributed by atoms with van der Waals surface area (Å²) in [5.74, 6) is 0. The molecular weight excluding hydrogens is 269 g/mol. The zero-order valence-electron chi connectivity index (χ0n) is 11.0. The number of carbonyl (C=O) groups excluding carboxylic acids is 1. The predicted octanol–water partition coefficient (Wildman–Crippen LogP) is 3.45. The zero-order valence-corrected chi connectivity index (χ0v) is 11.0. The van der Waals surface area contributed by atoms with Crippen LogP contribution in [0.5, 0.6) is 0 Å². The van der Waals surface area contributed by atoms with Gasteiger partial charge in [-0.15, -0.1) is 0 Å². The highest BCUT2D eigenvalue weighted by Gasteiger charge is 2.32. The van der Waals surface area contributed by atoms with Gasteiger partial charge in [0.1, 0.15) is 0 Å². The van der Waals surface area contributed by atoms with Gasteiger partial charge in [-0.3, -0.25) is 0 Å². The minimum atomic E-state index is -4.40. The number of halogens is 3. The molecule has 1 aromatic rings. The van der Waals surface area contributed by atoms with Crippen LogP contribution in [0, 0.1) is 0 Å². The van der Waals surface area contributed by atoms with Crippen LogP contribution in [-0.2, 0) is 12.7 Å². The molecule has 1 fully saturated rings. The normalized spacial score (nSPS) is 16.1. The van der Waals surface area contributed by atoms with Crippen LogP contribution in [0.3, 0.4) is 0 Å². The molecule has 2 amide bonds. The van der Waals surface area contributed by atoms with E-state index in [-0.39, 0.29) is 18.2 Å². The molecule has 110 valence electrons. The molecule has 0 heterocycles. The number of carbonyl (C=O) groups is 1. The summed E-state index contributed by atoms with van der Waals surface area (Å²) in [4.78, 5) is 11.6. The molecule has 2 rings (SSSR count). The van der Waals surface area contributed by atoms with Crippen molar-refractivity contribution >= 4 is 6.03 Å². The Kier molecular flexibility index (Phi) is 4.52. The first kappa shape index (κ1) is 14.7. The Morgan fingerprint density at radius 2 is 1.85 bits per heavy atom. The molecule has 0 aromatic heterocycles. The van der Waals surface area contributed by atoms with Gasteiger partial charge in [0.15, 0.2) is 0 Å². The molecule has 1 aromatic carbocycles. The Hall–Kier alpha value is -1.72. The van der Waals surface area contributed by atoms with Gasteiger partial charge in [0.2, 0.25) is 0 Å². The van der Waals surface area contributed by atoms with Gasteiger partial charge in [-0.05, 0) is 24.5 Å². The van der Waals surface area contributed by atoms with Crippen LogP contribution in [-0.4, -0.2) is 12.1 Å². The predicted molar refractivity (Wildman–Crippen MR) is 69.1 cm³/mol. The third kappa shape index (κ3) is 3.88. The lowest BCUT2D eigenvalue weighted by Gasteiger charge is -2.15. The monoisotopic (exact) mass is 286 g/mol. The van der Waals surface area contributed by atoms with Gasteiger partial charge < -0.3 is 10.6 Å². The average molecular weight is 286 g/mol. The van der Waals surface area contributed by atoms with Crippen LogP contribution < -0.4 is 10.6 Å². The van der Waals surface area contributed by atoms with Crippen molar-refractivity contribution in [2.24, 2.45) is 0 Å². The maximum absolute atomic E-state index is 12.8. The van der Waals surface area contributed by atoms with Crippen molar-refractivity contribution in [3.63, 3.8) is 0 Å². The van der Waals surface area contributed by atoms with Crippen molar-refractivity contribution in [1.82, 2.24) is 10.6 Å². The van der Waals surface area contributed by atoms with Crippen LogP contribution in [0.25, 0.3) is 0 Å². The molecule has 0 radical (unpaired) electrons. The first-order chi connectivity index (χ1) is 9.47. The lowest BCUT2D eigenvalue weighted by Crippen LogP contribution is -2.40. The first-order valence-electron chi connectivity index (χ1n) is 6.66. The van der Waals surface area contributed by atoms with Gasteiger partial charge in [-0.1, -0.05) is 31.0 Å². The lowest BCUT2D eigenvalue weighted by atomic mass is 10.1. The van der Waals surface area contributed by atoms with E-state index in [1.807, 2.05) is 0 Å². The van der Waals surface area contributed by atoms with Crippen LogP contribution >= 0.6 is 0 Å². The summed E-state index contributed by atoms with van der Waals surface area (Å²) in [6, 6.07) is 5.00. The fourth-order valence-corrected chi connectivity index (χ4v) is 2.43. The molecule has 0 spiro atoms. The molecule has 3 nitrogen and oxygen atoms in total. The van der Waals surface area contributed by atoms with E-state index in [4.69, 9.17) is 0 Å². The van der Waals surface area contributed by atoms with E-state index < -0.39 is 17.8 Å². The fraction of sp³-hybridized carbons (Fsp3) is 0.500. The number of benzene rings is 1. The standard InChI is InChI=1S/C14H17F3N2O/c15-14(16,17)12-8-4-1-5-10(12)9-18-13(20)19-11-6-2-3-7-11/h1,4-5,8,11H,2-3,6-7,9H2,(H2,18,19,20). The maximum atomic E-state index is 12.8. The third-order valence-corrected chi connectivity index (χ3v) is 3.45. The summed E-state index contributed by atoms with van der Waals surface area (Å²) in [7, 11) is 0. The molecule has 0 saturated heterocycles. The van der Waals surface area contributed by atoms with E-state index in [9.17, 15) is 18.0 Å². The van der Waals surface area contributed by atoms with E-state index >= 15 is 0 Å². The second-order valence-electron chi connectivity index (χ2n) is 4.96. The third-order valence-electron chi connectivity index (χ3n) is 3.45. The summed E-state index contributed by atoms with van der Waals surface area (Å²) < 4.78 is 38.3. The average Bonchev–Trinajstić information content (AvgIpc) is 2.88. The number of amides is 2. The number of hydrogen-bond acceptors (Lipinski definition) is 1. The second kappa shape index (κ2) is 6.15. The van der Waals surface area contributed by atoms with Crippen molar-refractivity contribution in [2.45, 2.75) is 44.4 Å². The van der Waals surface area contributed by atoms with Gasteiger partial charge in [-0.25, -0.2) is 4.79 Å². The van der Waals surface area contributed by atoms with Gasteiger partial charge >= 0.3 is 12.2 Å². The first-order valence-corrected chi connectivity index (χ1v) is 6.66. The Bertz CT molecular complexity index is 468. The molecule has 0 unspecified atom stereocenters. The van der Waals surface area contributed by atoms with Crippen molar-refractivity contribution in [3.8, 4) is 0 Å². The highest BCUT2D eigenvalue weighted by molar-refractivity contribution is 5.74.